The minimum atomic E-state index is 0.613. The highest BCUT2D eigenvalue weighted by Gasteiger charge is 2.49. The van der Waals surface area contributed by atoms with E-state index >= 15 is 0 Å². The third-order valence-corrected chi connectivity index (χ3v) is 9.36. The number of H-pyrrole nitrogens is 1. The van der Waals surface area contributed by atoms with Crippen molar-refractivity contribution >= 4 is 16.7 Å². The van der Waals surface area contributed by atoms with Gasteiger partial charge in [0.05, 0.1) is 12.1 Å². The fourth-order valence-corrected chi connectivity index (χ4v) is 7.17. The maximum Gasteiger partial charge on any atom is 0.182 e. The van der Waals surface area contributed by atoms with Gasteiger partial charge in [-0.05, 0) is 66.6 Å². The van der Waals surface area contributed by atoms with Crippen molar-refractivity contribution in [3.05, 3.63) is 89.4 Å². The summed E-state index contributed by atoms with van der Waals surface area (Å²) in [5.41, 5.74) is 14.4. The molecule has 6 heteroatoms. The highest BCUT2D eigenvalue weighted by Crippen LogP contribution is 2.34. The molecular formula is C35H34N5O+. The molecular weight excluding hydrogens is 506 g/mol. The number of aromatic amines is 1. The Labute approximate surface area is 240 Å². The number of ether oxygens (including phenoxy) is 1. The molecule has 3 aromatic heterocycles. The summed E-state index contributed by atoms with van der Waals surface area (Å²) in [6.45, 7) is 5.96. The van der Waals surface area contributed by atoms with Gasteiger partial charge in [-0.2, -0.15) is 5.10 Å². The minimum absolute atomic E-state index is 0.613. The first-order valence-corrected chi connectivity index (χ1v) is 14.8. The molecule has 2 saturated heterocycles. The van der Waals surface area contributed by atoms with E-state index in [4.69, 9.17) is 9.72 Å². The van der Waals surface area contributed by atoms with Gasteiger partial charge in [0.1, 0.15) is 13.2 Å². The van der Waals surface area contributed by atoms with Crippen LogP contribution in [-0.2, 0) is 17.6 Å². The van der Waals surface area contributed by atoms with Crippen molar-refractivity contribution in [1.82, 2.24) is 20.2 Å². The summed E-state index contributed by atoms with van der Waals surface area (Å²) in [6, 6.07) is 21.2. The number of aryl methyl sites for hydroxylation is 4. The summed E-state index contributed by atoms with van der Waals surface area (Å²) < 4.78 is 8.43. The lowest BCUT2D eigenvalue weighted by Gasteiger charge is -2.39. The van der Waals surface area contributed by atoms with Crippen molar-refractivity contribution < 1.29 is 9.31 Å². The molecule has 204 valence electrons. The molecule has 0 spiro atoms. The van der Waals surface area contributed by atoms with Crippen LogP contribution in [0.4, 0.5) is 0 Å². The van der Waals surface area contributed by atoms with Gasteiger partial charge in [0.2, 0.25) is 0 Å². The lowest BCUT2D eigenvalue weighted by atomic mass is 9.91. The van der Waals surface area contributed by atoms with E-state index in [1.807, 2.05) is 19.3 Å². The van der Waals surface area contributed by atoms with Gasteiger partial charge in [-0.25, -0.2) is 9.56 Å². The molecule has 2 atom stereocenters. The number of hydrogen-bond acceptors (Lipinski definition) is 4. The molecule has 5 aromatic rings. The molecule has 1 N–H and O–H groups in total. The van der Waals surface area contributed by atoms with E-state index in [1.54, 1.807) is 5.71 Å². The number of nitrogens with one attached hydrogen (secondary N) is 1. The highest BCUT2D eigenvalue weighted by atomic mass is 16.5. The number of benzene rings is 2. The first kappa shape index (κ1) is 24.6. The standard InChI is InChI=1S/C35H34N5O/c1-21-13-22(2)36-18-33(21)24-4-6-25(7-5-24)34-32-15-28(17-37-35(32)39-38-34)27-8-3-23-9-11-29(12-10-26(23)14-27)40-30-16-31(40)20-41-19-30/h3-8,13-15,17-18,30-31H,9-12,16,19-20H2,1-2H3,(H,37,38,39)/q+1. The third-order valence-electron chi connectivity index (χ3n) is 9.36. The molecule has 1 aliphatic carbocycles. The minimum Gasteiger partial charge on any atom is -0.368 e. The number of nitrogens with zero attached hydrogens (tertiary/aromatic N) is 4. The van der Waals surface area contributed by atoms with Gasteiger partial charge < -0.3 is 4.74 Å². The molecule has 3 aliphatic rings. The second-order valence-electron chi connectivity index (χ2n) is 11.9. The first-order chi connectivity index (χ1) is 20.1. The van der Waals surface area contributed by atoms with Crippen molar-refractivity contribution in [3.8, 4) is 33.5 Å². The summed E-state index contributed by atoms with van der Waals surface area (Å²) >= 11 is 0. The number of morpholine rings is 1. The fraction of sp³-hybridized carbons (Fsp3) is 0.314. The van der Waals surface area contributed by atoms with Gasteiger partial charge in [0.25, 0.3) is 0 Å². The van der Waals surface area contributed by atoms with Crippen LogP contribution in [0.25, 0.3) is 44.5 Å². The molecule has 5 heterocycles. The average Bonchev–Trinajstić information content (AvgIpc) is 3.31. The monoisotopic (exact) mass is 540 g/mol. The van der Waals surface area contributed by atoms with Gasteiger partial charge in [-0.15, -0.1) is 0 Å². The van der Waals surface area contributed by atoms with E-state index in [0.29, 0.717) is 12.1 Å². The molecule has 2 unspecified atom stereocenters. The predicted molar refractivity (Wildman–Crippen MR) is 162 cm³/mol. The topological polar surface area (TPSA) is 66.7 Å². The van der Waals surface area contributed by atoms with Gasteiger partial charge in [0.15, 0.2) is 23.4 Å². The second kappa shape index (κ2) is 9.74. The highest BCUT2D eigenvalue weighted by molar-refractivity contribution is 5.93. The Morgan fingerprint density at radius 3 is 2.29 bits per heavy atom. The van der Waals surface area contributed by atoms with Gasteiger partial charge in [-0.3, -0.25) is 10.1 Å². The van der Waals surface area contributed by atoms with Crippen molar-refractivity contribution in [2.45, 2.75) is 58.0 Å². The maximum atomic E-state index is 5.73. The second-order valence-corrected chi connectivity index (χ2v) is 11.9. The Morgan fingerprint density at radius 2 is 1.51 bits per heavy atom. The molecule has 2 aliphatic heterocycles. The van der Waals surface area contributed by atoms with Crippen LogP contribution in [0.5, 0.6) is 0 Å². The zero-order valence-electron chi connectivity index (χ0n) is 23.7. The molecule has 0 saturated carbocycles. The third kappa shape index (κ3) is 4.29. The zero-order chi connectivity index (χ0) is 27.5. The summed E-state index contributed by atoms with van der Waals surface area (Å²) in [4.78, 5) is 9.23. The van der Waals surface area contributed by atoms with Crippen LogP contribution in [0.15, 0.2) is 67.0 Å². The Bertz CT molecular complexity index is 1820. The number of pyridine rings is 2. The van der Waals surface area contributed by atoms with Crippen LogP contribution < -0.4 is 0 Å². The molecule has 8 rings (SSSR count). The van der Waals surface area contributed by atoms with Crippen LogP contribution in [-0.4, -0.2) is 55.7 Å². The zero-order valence-corrected chi connectivity index (χ0v) is 23.7. The lowest BCUT2D eigenvalue weighted by Crippen LogP contribution is -2.60. The number of fused-ring (bicyclic) bond motifs is 4. The molecule has 41 heavy (non-hydrogen) atoms. The van der Waals surface area contributed by atoms with Gasteiger partial charge >= 0.3 is 0 Å². The Hall–Kier alpha value is -4.16. The molecule has 0 radical (unpaired) electrons. The lowest BCUT2D eigenvalue weighted by molar-refractivity contribution is -0.686. The molecule has 6 nitrogen and oxygen atoms in total. The Balaban J connectivity index is 1.08. The van der Waals surface area contributed by atoms with E-state index < -0.39 is 0 Å². The Kier molecular flexibility index (Phi) is 5.85. The number of aromatic nitrogens is 4. The van der Waals surface area contributed by atoms with Crippen molar-refractivity contribution in [3.63, 3.8) is 0 Å². The van der Waals surface area contributed by atoms with Crippen molar-refractivity contribution in [2.24, 2.45) is 0 Å². The van der Waals surface area contributed by atoms with E-state index in [0.717, 1.165) is 77.2 Å². The van der Waals surface area contributed by atoms with Crippen LogP contribution in [0, 0.1) is 13.8 Å². The largest absolute Gasteiger partial charge is 0.368 e. The molecule has 0 amide bonds. The van der Waals surface area contributed by atoms with Gasteiger partial charge in [-0.1, -0.05) is 42.5 Å². The number of rotatable bonds is 3. The molecule has 2 bridgehead atoms. The SMILES string of the molecule is Cc1cc(C)c(-c2ccc(-c3[nH]nc4ncc(-c5ccc6c(c5)CCC(=[N+]5C7COCC5C7)CC6)cc34)cc2)cn1. The normalized spacial score (nSPS) is 20.0. The van der Waals surface area contributed by atoms with Crippen LogP contribution in [0.3, 0.4) is 0 Å². The van der Waals surface area contributed by atoms with Crippen LogP contribution >= 0.6 is 0 Å². The fourth-order valence-electron chi connectivity index (χ4n) is 7.17. The van der Waals surface area contributed by atoms with E-state index in [9.17, 15) is 0 Å². The first-order valence-electron chi connectivity index (χ1n) is 14.8. The van der Waals surface area contributed by atoms with E-state index in [2.05, 4.69) is 81.3 Å². The van der Waals surface area contributed by atoms with Crippen molar-refractivity contribution in [1.29, 1.82) is 0 Å². The van der Waals surface area contributed by atoms with E-state index in [1.165, 1.54) is 35.1 Å². The summed E-state index contributed by atoms with van der Waals surface area (Å²) in [5.74, 6) is 0. The summed E-state index contributed by atoms with van der Waals surface area (Å²) in [5, 5.41) is 8.81. The van der Waals surface area contributed by atoms with E-state index in [-0.39, 0.29) is 0 Å². The maximum absolute atomic E-state index is 5.73. The smallest absolute Gasteiger partial charge is 0.182 e. The average molecular weight is 541 g/mol. The quantitative estimate of drug-likeness (QED) is 0.210. The predicted octanol–water partition coefficient (Wildman–Crippen LogP) is 6.47. The number of hydrogen-bond donors (Lipinski definition) is 1. The molecule has 2 aromatic carbocycles. The summed E-state index contributed by atoms with van der Waals surface area (Å²) in [6.07, 6.45) is 9.78. The van der Waals surface area contributed by atoms with Crippen LogP contribution in [0.1, 0.15) is 41.6 Å². The Morgan fingerprint density at radius 1 is 0.756 bits per heavy atom. The van der Waals surface area contributed by atoms with Crippen LogP contribution in [0.2, 0.25) is 0 Å². The van der Waals surface area contributed by atoms with Gasteiger partial charge in [0, 0.05) is 53.0 Å². The van der Waals surface area contributed by atoms with Crippen molar-refractivity contribution in [2.75, 3.05) is 13.2 Å². The molecule has 2 fully saturated rings. The summed E-state index contributed by atoms with van der Waals surface area (Å²) in [7, 11) is 0.